The smallest absolute Gasteiger partial charge is 0.115 e. The molecule has 2 fully saturated rings. The summed E-state index contributed by atoms with van der Waals surface area (Å²) in [4.78, 5) is 0. The van der Waals surface area contributed by atoms with E-state index in [4.69, 9.17) is 0 Å². The molecule has 0 radical (unpaired) electrons. The molecule has 0 saturated heterocycles. The first-order valence-electron chi connectivity index (χ1n) is 12.9. The van der Waals surface area contributed by atoms with E-state index in [2.05, 4.69) is 73.7 Å². The van der Waals surface area contributed by atoms with Gasteiger partial charge in [0.15, 0.2) is 0 Å². The molecule has 0 heterocycles. The number of benzene rings is 3. The van der Waals surface area contributed by atoms with Crippen LogP contribution in [0.5, 0.6) is 5.75 Å². The van der Waals surface area contributed by atoms with Crippen LogP contribution in [-0.2, 0) is 6.42 Å². The van der Waals surface area contributed by atoms with E-state index in [1.54, 1.807) is 0 Å². The van der Waals surface area contributed by atoms with Crippen LogP contribution >= 0.6 is 0 Å². The topological polar surface area (TPSA) is 40.5 Å². The molecule has 2 saturated carbocycles. The van der Waals surface area contributed by atoms with Gasteiger partial charge in [0.25, 0.3) is 0 Å². The molecule has 0 aliphatic heterocycles. The third-order valence-electron chi connectivity index (χ3n) is 9.51. The van der Waals surface area contributed by atoms with E-state index in [-0.39, 0.29) is 5.41 Å². The number of rotatable bonds is 3. The predicted molar refractivity (Wildman–Crippen MR) is 139 cm³/mol. The summed E-state index contributed by atoms with van der Waals surface area (Å²) < 4.78 is 0. The van der Waals surface area contributed by atoms with Gasteiger partial charge in [-0.1, -0.05) is 79.7 Å². The lowest BCUT2D eigenvalue weighted by Crippen LogP contribution is -2.49. The number of aryl methyl sites for hydroxylation is 1. The first kappa shape index (κ1) is 21.7. The van der Waals surface area contributed by atoms with Crippen LogP contribution in [0.3, 0.4) is 0 Å². The summed E-state index contributed by atoms with van der Waals surface area (Å²) >= 11 is 0. The Balaban J connectivity index is 1.30. The second-order valence-corrected chi connectivity index (χ2v) is 11.0. The summed E-state index contributed by atoms with van der Waals surface area (Å²) in [6, 6.07) is 25.0. The SMILES string of the molecule is CC12CCC3c4ccc(O)cc4CCC3C1CC[C@@]2(O)C=Cc1ccccc1-c1ccccc1. The van der Waals surface area contributed by atoms with E-state index in [1.807, 2.05) is 18.2 Å². The van der Waals surface area contributed by atoms with Crippen LogP contribution in [0.25, 0.3) is 17.2 Å². The average Bonchev–Trinajstić information content (AvgIpc) is 3.14. The molecule has 2 N–H and O–H groups in total. The lowest BCUT2D eigenvalue weighted by atomic mass is 9.53. The first-order chi connectivity index (χ1) is 16.5. The van der Waals surface area contributed by atoms with Crippen LogP contribution in [0, 0.1) is 17.3 Å². The number of phenolic OH excluding ortho intramolecular Hbond substituents is 1. The summed E-state index contributed by atoms with van der Waals surface area (Å²) in [6.07, 6.45) is 10.6. The fourth-order valence-electron chi connectivity index (χ4n) is 7.64. The Morgan fingerprint density at radius 3 is 2.53 bits per heavy atom. The number of phenols is 1. The van der Waals surface area contributed by atoms with Crippen LogP contribution in [-0.4, -0.2) is 15.8 Å². The van der Waals surface area contributed by atoms with Crippen molar-refractivity contribution in [2.45, 2.75) is 57.0 Å². The van der Waals surface area contributed by atoms with Crippen LogP contribution in [0.15, 0.2) is 78.9 Å². The van der Waals surface area contributed by atoms with E-state index in [1.165, 1.54) is 22.3 Å². The van der Waals surface area contributed by atoms with Crippen molar-refractivity contribution in [1.82, 2.24) is 0 Å². The van der Waals surface area contributed by atoms with Crippen LogP contribution in [0.2, 0.25) is 0 Å². The highest BCUT2D eigenvalue weighted by molar-refractivity contribution is 5.75. The minimum absolute atomic E-state index is 0.0964. The highest BCUT2D eigenvalue weighted by Gasteiger charge is 2.60. The number of fused-ring (bicyclic) bond motifs is 5. The van der Waals surface area contributed by atoms with Crippen molar-refractivity contribution in [3.63, 3.8) is 0 Å². The molecule has 0 bridgehead atoms. The molecule has 4 unspecified atom stereocenters. The van der Waals surface area contributed by atoms with Gasteiger partial charge in [-0.2, -0.15) is 0 Å². The van der Waals surface area contributed by atoms with Gasteiger partial charge >= 0.3 is 0 Å². The van der Waals surface area contributed by atoms with Crippen molar-refractivity contribution in [1.29, 1.82) is 0 Å². The normalized spacial score (nSPS) is 32.2. The largest absolute Gasteiger partial charge is 0.508 e. The summed E-state index contributed by atoms with van der Waals surface area (Å²) in [5.74, 6) is 2.10. The molecule has 174 valence electrons. The van der Waals surface area contributed by atoms with E-state index >= 15 is 0 Å². The molecule has 34 heavy (non-hydrogen) atoms. The number of hydrogen-bond acceptors (Lipinski definition) is 2. The zero-order chi connectivity index (χ0) is 23.3. The molecule has 0 amide bonds. The third-order valence-corrected chi connectivity index (χ3v) is 9.51. The van der Waals surface area contributed by atoms with Gasteiger partial charge in [0.2, 0.25) is 0 Å². The Bertz CT molecular complexity index is 1230. The maximum atomic E-state index is 12.1. The molecule has 3 aromatic rings. The average molecular weight is 451 g/mol. The molecule has 3 aromatic carbocycles. The van der Waals surface area contributed by atoms with Crippen LogP contribution < -0.4 is 0 Å². The Morgan fingerprint density at radius 1 is 0.882 bits per heavy atom. The molecule has 0 aromatic heterocycles. The zero-order valence-electron chi connectivity index (χ0n) is 20.0. The molecule has 3 aliphatic rings. The van der Waals surface area contributed by atoms with E-state index in [9.17, 15) is 10.2 Å². The molecule has 3 aliphatic carbocycles. The van der Waals surface area contributed by atoms with Gasteiger partial charge in [-0.15, -0.1) is 0 Å². The number of aliphatic hydroxyl groups is 1. The first-order valence-corrected chi connectivity index (χ1v) is 12.9. The standard InChI is InChI=1S/C32H34O2/c1-31-18-16-28-27-14-12-25(33)21-24(27)11-13-29(28)30(31)17-20-32(31,34)19-15-23-9-5-6-10-26(23)22-7-3-2-4-8-22/h2-10,12,14-15,19,21,28-30,33-34H,11,13,16-18,20H2,1H3/t28?,29?,30?,31?,32-/m0/s1. The van der Waals surface area contributed by atoms with Crippen molar-refractivity contribution in [3.8, 4) is 16.9 Å². The summed E-state index contributed by atoms with van der Waals surface area (Å²) in [6.45, 7) is 2.35. The minimum atomic E-state index is -0.776. The molecular formula is C32H34O2. The Kier molecular flexibility index (Phi) is 5.18. The fourth-order valence-corrected chi connectivity index (χ4v) is 7.64. The molecule has 2 nitrogen and oxygen atoms in total. The highest BCUT2D eigenvalue weighted by Crippen LogP contribution is 2.64. The molecule has 5 atom stereocenters. The van der Waals surface area contributed by atoms with Crippen LogP contribution in [0.4, 0.5) is 0 Å². The van der Waals surface area contributed by atoms with Gasteiger partial charge < -0.3 is 10.2 Å². The number of hydrogen-bond donors (Lipinski definition) is 2. The summed E-state index contributed by atoms with van der Waals surface area (Å²) in [5.41, 5.74) is 5.47. The van der Waals surface area contributed by atoms with Gasteiger partial charge in [-0.05, 0) is 96.2 Å². The lowest BCUT2D eigenvalue weighted by Gasteiger charge is -2.52. The predicted octanol–water partition coefficient (Wildman–Crippen LogP) is 7.36. The third kappa shape index (κ3) is 3.34. The Morgan fingerprint density at radius 2 is 1.68 bits per heavy atom. The van der Waals surface area contributed by atoms with Gasteiger partial charge in [0.1, 0.15) is 5.75 Å². The summed E-state index contributed by atoms with van der Waals surface area (Å²) in [7, 11) is 0. The van der Waals surface area contributed by atoms with Crippen molar-refractivity contribution in [3.05, 3.63) is 95.6 Å². The Labute approximate surface area is 203 Å². The minimum Gasteiger partial charge on any atom is -0.508 e. The zero-order valence-corrected chi connectivity index (χ0v) is 20.0. The van der Waals surface area contributed by atoms with Gasteiger partial charge in [-0.3, -0.25) is 0 Å². The summed E-state index contributed by atoms with van der Waals surface area (Å²) in [5, 5.41) is 22.0. The fraction of sp³-hybridized carbons (Fsp3) is 0.375. The maximum absolute atomic E-state index is 12.1. The van der Waals surface area contributed by atoms with E-state index in [0.717, 1.165) is 44.1 Å². The lowest BCUT2D eigenvalue weighted by molar-refractivity contribution is -0.0705. The molecule has 2 heteroatoms. The van der Waals surface area contributed by atoms with E-state index in [0.29, 0.717) is 23.5 Å². The van der Waals surface area contributed by atoms with E-state index < -0.39 is 5.60 Å². The molecule has 0 spiro atoms. The number of aromatic hydroxyl groups is 1. The molecular weight excluding hydrogens is 416 g/mol. The van der Waals surface area contributed by atoms with Crippen LogP contribution in [0.1, 0.15) is 61.6 Å². The van der Waals surface area contributed by atoms with Crippen molar-refractivity contribution in [2.75, 3.05) is 0 Å². The second-order valence-electron chi connectivity index (χ2n) is 11.0. The van der Waals surface area contributed by atoms with Gasteiger partial charge in [0.05, 0.1) is 5.60 Å². The van der Waals surface area contributed by atoms with Gasteiger partial charge in [-0.25, -0.2) is 0 Å². The molecule has 6 rings (SSSR count). The van der Waals surface area contributed by atoms with Crippen molar-refractivity contribution in [2.24, 2.45) is 17.3 Å². The maximum Gasteiger partial charge on any atom is 0.115 e. The highest BCUT2D eigenvalue weighted by atomic mass is 16.3. The Hall–Kier alpha value is -2.84. The second kappa shape index (κ2) is 8.13. The quantitative estimate of drug-likeness (QED) is 0.438. The van der Waals surface area contributed by atoms with Crippen molar-refractivity contribution >= 4 is 6.08 Å². The monoisotopic (exact) mass is 450 g/mol. The van der Waals surface area contributed by atoms with Gasteiger partial charge in [0, 0.05) is 5.41 Å². The van der Waals surface area contributed by atoms with Crippen molar-refractivity contribution < 1.29 is 10.2 Å².